The lowest BCUT2D eigenvalue weighted by atomic mass is 10.1. The Morgan fingerprint density at radius 1 is 1.20 bits per heavy atom. The van der Waals surface area contributed by atoms with Crippen molar-refractivity contribution in [2.24, 2.45) is 0 Å². The molecule has 0 amide bonds. The van der Waals surface area contributed by atoms with E-state index in [0.717, 1.165) is 24.0 Å². The second kappa shape index (κ2) is 6.78. The lowest BCUT2D eigenvalue weighted by Crippen LogP contribution is -2.04. The van der Waals surface area contributed by atoms with Crippen LogP contribution in [0, 0.1) is 0 Å². The van der Waals surface area contributed by atoms with Gasteiger partial charge in [-0.2, -0.15) is 11.8 Å². The summed E-state index contributed by atoms with van der Waals surface area (Å²) < 4.78 is 5.41. The molecule has 0 heterocycles. The molecule has 0 saturated carbocycles. The van der Waals surface area contributed by atoms with Gasteiger partial charge in [0.25, 0.3) is 0 Å². The molecular formula is C13H20OS. The number of thioether (sulfide) groups is 1. The largest absolute Gasteiger partial charge is 0.494 e. The van der Waals surface area contributed by atoms with Crippen molar-refractivity contribution >= 4 is 11.8 Å². The van der Waals surface area contributed by atoms with Gasteiger partial charge in [-0.25, -0.2) is 0 Å². The van der Waals surface area contributed by atoms with Crippen molar-refractivity contribution in [2.45, 2.75) is 31.9 Å². The first-order chi connectivity index (χ1) is 7.30. The highest BCUT2D eigenvalue weighted by molar-refractivity contribution is 7.99. The summed E-state index contributed by atoms with van der Waals surface area (Å²) in [7, 11) is 0. The molecule has 2 heteroatoms. The molecule has 0 bridgehead atoms. The first-order valence-corrected chi connectivity index (χ1v) is 6.83. The zero-order valence-corrected chi connectivity index (χ0v) is 10.6. The van der Waals surface area contributed by atoms with Crippen molar-refractivity contribution in [2.75, 3.05) is 12.9 Å². The maximum absolute atomic E-state index is 5.41. The molecule has 84 valence electrons. The Morgan fingerprint density at radius 2 is 1.87 bits per heavy atom. The molecule has 1 aromatic carbocycles. The molecular weight excluding hydrogens is 204 g/mol. The molecule has 0 aliphatic rings. The Labute approximate surface area is 97.2 Å². The second-order valence-corrected chi connectivity index (χ2v) is 4.69. The van der Waals surface area contributed by atoms with E-state index in [1.165, 1.54) is 12.0 Å². The highest BCUT2D eigenvalue weighted by atomic mass is 32.2. The predicted molar refractivity (Wildman–Crippen MR) is 68.9 cm³/mol. The van der Waals surface area contributed by atoms with Crippen molar-refractivity contribution in [1.29, 1.82) is 0 Å². The molecule has 0 aliphatic heterocycles. The van der Waals surface area contributed by atoms with E-state index in [0.29, 0.717) is 0 Å². The highest BCUT2D eigenvalue weighted by Crippen LogP contribution is 2.19. The van der Waals surface area contributed by atoms with Gasteiger partial charge in [-0.05, 0) is 43.7 Å². The predicted octanol–water partition coefficient (Wildman–Crippen LogP) is 3.77. The summed E-state index contributed by atoms with van der Waals surface area (Å²) >= 11 is 1.95. The van der Waals surface area contributed by atoms with Gasteiger partial charge in [-0.1, -0.05) is 19.1 Å². The average Bonchev–Trinajstić information content (AvgIpc) is 2.28. The van der Waals surface area contributed by atoms with Crippen LogP contribution in [0.4, 0.5) is 0 Å². The van der Waals surface area contributed by atoms with E-state index in [4.69, 9.17) is 4.74 Å². The van der Waals surface area contributed by atoms with E-state index in [1.54, 1.807) is 0 Å². The fourth-order valence-electron chi connectivity index (χ4n) is 1.55. The quantitative estimate of drug-likeness (QED) is 0.727. The molecule has 0 radical (unpaired) electrons. The van der Waals surface area contributed by atoms with Gasteiger partial charge < -0.3 is 4.74 Å². The molecule has 15 heavy (non-hydrogen) atoms. The molecule has 1 rings (SSSR count). The Bertz CT molecular complexity index is 264. The fraction of sp³-hybridized carbons (Fsp3) is 0.538. The van der Waals surface area contributed by atoms with E-state index >= 15 is 0 Å². The van der Waals surface area contributed by atoms with Crippen LogP contribution in [0.15, 0.2) is 24.3 Å². The van der Waals surface area contributed by atoms with Crippen LogP contribution in [0.25, 0.3) is 0 Å². The maximum atomic E-state index is 5.41. The van der Waals surface area contributed by atoms with Crippen LogP contribution in [0.2, 0.25) is 0 Å². The van der Waals surface area contributed by atoms with Crippen molar-refractivity contribution in [3.8, 4) is 5.75 Å². The van der Waals surface area contributed by atoms with E-state index in [9.17, 15) is 0 Å². The summed E-state index contributed by atoms with van der Waals surface area (Å²) in [5.41, 5.74) is 1.40. The molecule has 0 aliphatic carbocycles. The number of benzene rings is 1. The smallest absolute Gasteiger partial charge is 0.119 e. The van der Waals surface area contributed by atoms with Gasteiger partial charge in [0.1, 0.15) is 5.75 Å². The first-order valence-electron chi connectivity index (χ1n) is 5.54. The minimum Gasteiger partial charge on any atom is -0.494 e. The van der Waals surface area contributed by atoms with Crippen LogP contribution in [0.5, 0.6) is 5.75 Å². The Morgan fingerprint density at radius 3 is 2.33 bits per heavy atom. The van der Waals surface area contributed by atoms with Gasteiger partial charge in [-0.15, -0.1) is 0 Å². The van der Waals surface area contributed by atoms with Gasteiger partial charge in [0.05, 0.1) is 6.61 Å². The SMILES string of the molecule is CCOc1ccc(CC(CC)SC)cc1. The topological polar surface area (TPSA) is 9.23 Å². The standard InChI is InChI=1S/C13H20OS/c1-4-13(15-3)10-11-6-8-12(9-7-11)14-5-2/h6-9,13H,4-5,10H2,1-3H3. The molecule has 1 nitrogen and oxygen atoms in total. The molecule has 1 unspecified atom stereocenters. The summed E-state index contributed by atoms with van der Waals surface area (Å²) in [6, 6.07) is 8.46. The van der Waals surface area contributed by atoms with Gasteiger partial charge in [0.2, 0.25) is 0 Å². The average molecular weight is 224 g/mol. The summed E-state index contributed by atoms with van der Waals surface area (Å²) in [6.45, 7) is 4.99. The minimum absolute atomic E-state index is 0.738. The third kappa shape index (κ3) is 4.17. The summed E-state index contributed by atoms with van der Waals surface area (Å²) in [6.07, 6.45) is 4.57. The van der Waals surface area contributed by atoms with Crippen LogP contribution >= 0.6 is 11.8 Å². The minimum atomic E-state index is 0.738. The van der Waals surface area contributed by atoms with Gasteiger partial charge >= 0.3 is 0 Å². The third-order valence-corrected chi connectivity index (χ3v) is 3.65. The van der Waals surface area contributed by atoms with Crippen LogP contribution in [0.3, 0.4) is 0 Å². The Balaban J connectivity index is 2.55. The summed E-state index contributed by atoms with van der Waals surface area (Å²) in [5.74, 6) is 0.971. The van der Waals surface area contributed by atoms with E-state index in [1.807, 2.05) is 18.7 Å². The van der Waals surface area contributed by atoms with Crippen LogP contribution < -0.4 is 4.74 Å². The monoisotopic (exact) mass is 224 g/mol. The maximum Gasteiger partial charge on any atom is 0.119 e. The molecule has 1 atom stereocenters. The van der Waals surface area contributed by atoms with Gasteiger partial charge in [-0.3, -0.25) is 0 Å². The summed E-state index contributed by atoms with van der Waals surface area (Å²) in [4.78, 5) is 0. The zero-order valence-electron chi connectivity index (χ0n) is 9.82. The number of hydrogen-bond acceptors (Lipinski definition) is 2. The molecule has 0 saturated heterocycles. The lowest BCUT2D eigenvalue weighted by Gasteiger charge is -2.12. The van der Waals surface area contributed by atoms with Crippen molar-refractivity contribution in [1.82, 2.24) is 0 Å². The van der Waals surface area contributed by atoms with Crippen LogP contribution in [0.1, 0.15) is 25.8 Å². The first kappa shape index (κ1) is 12.4. The lowest BCUT2D eigenvalue weighted by molar-refractivity contribution is 0.340. The Hall–Kier alpha value is -0.630. The highest BCUT2D eigenvalue weighted by Gasteiger charge is 2.05. The molecule has 0 N–H and O–H groups in total. The van der Waals surface area contributed by atoms with Gasteiger partial charge in [0, 0.05) is 5.25 Å². The summed E-state index contributed by atoms with van der Waals surface area (Å²) in [5, 5.41) is 0.739. The molecule has 0 spiro atoms. The molecule has 1 aromatic rings. The van der Waals surface area contributed by atoms with E-state index in [-0.39, 0.29) is 0 Å². The fourth-order valence-corrected chi connectivity index (χ4v) is 2.24. The van der Waals surface area contributed by atoms with Crippen LogP contribution in [-0.2, 0) is 6.42 Å². The number of ether oxygens (including phenoxy) is 1. The van der Waals surface area contributed by atoms with Crippen LogP contribution in [-0.4, -0.2) is 18.1 Å². The van der Waals surface area contributed by atoms with Gasteiger partial charge in [0.15, 0.2) is 0 Å². The molecule has 0 aromatic heterocycles. The number of rotatable bonds is 6. The van der Waals surface area contributed by atoms with Crippen molar-refractivity contribution < 1.29 is 4.74 Å². The second-order valence-electron chi connectivity index (χ2n) is 3.55. The normalized spacial score (nSPS) is 12.5. The zero-order chi connectivity index (χ0) is 11.1. The third-order valence-electron chi connectivity index (χ3n) is 2.49. The van der Waals surface area contributed by atoms with E-state index in [2.05, 4.69) is 37.4 Å². The molecule has 0 fully saturated rings. The number of hydrogen-bond donors (Lipinski definition) is 0. The Kier molecular flexibility index (Phi) is 5.62. The van der Waals surface area contributed by atoms with Crippen molar-refractivity contribution in [3.05, 3.63) is 29.8 Å². The van der Waals surface area contributed by atoms with E-state index < -0.39 is 0 Å². The van der Waals surface area contributed by atoms with Crippen molar-refractivity contribution in [3.63, 3.8) is 0 Å².